The molecule has 4 atom stereocenters. The number of nitrogens with zero attached hydrogens (tertiary/aromatic N) is 1. The van der Waals surface area contributed by atoms with Crippen molar-refractivity contribution in [3.05, 3.63) is 29.8 Å². The van der Waals surface area contributed by atoms with Crippen LogP contribution in [0.3, 0.4) is 0 Å². The molecule has 2 bridgehead atoms. The molecule has 1 aromatic carbocycles. The number of benzene rings is 1. The molecule has 2 saturated carbocycles. The maximum absolute atomic E-state index is 12.7. The number of rotatable bonds is 7. The molecule has 2 aliphatic carbocycles. The van der Waals surface area contributed by atoms with Gasteiger partial charge in [-0.15, -0.1) is 0 Å². The van der Waals surface area contributed by atoms with Crippen molar-refractivity contribution in [1.29, 1.82) is 0 Å². The van der Waals surface area contributed by atoms with Crippen molar-refractivity contribution in [2.24, 2.45) is 23.7 Å². The number of carbonyl (C=O) groups is 3. The van der Waals surface area contributed by atoms with Crippen LogP contribution in [0.1, 0.15) is 45.1 Å². The van der Waals surface area contributed by atoms with Crippen LogP contribution in [0.5, 0.6) is 5.75 Å². The third-order valence-corrected chi connectivity index (χ3v) is 6.34. The summed E-state index contributed by atoms with van der Waals surface area (Å²) in [5.74, 6) is 1.06. The summed E-state index contributed by atoms with van der Waals surface area (Å²) < 4.78 is 5.66. The highest BCUT2D eigenvalue weighted by molar-refractivity contribution is 6.06. The zero-order valence-electron chi connectivity index (χ0n) is 16.5. The summed E-state index contributed by atoms with van der Waals surface area (Å²) in [6, 6.07) is 7.62. The van der Waals surface area contributed by atoms with Crippen molar-refractivity contribution in [3.63, 3.8) is 0 Å². The molecule has 3 amide bonds. The SMILES string of the molecule is CC(C)Oc1cccc(CNC(=O)CCN2C(=O)[C@@H]3[C@H]4CC[C@@H](C4)[C@H]3C2=O)c1. The van der Waals surface area contributed by atoms with Gasteiger partial charge >= 0.3 is 0 Å². The summed E-state index contributed by atoms with van der Waals surface area (Å²) in [7, 11) is 0. The Labute approximate surface area is 165 Å². The van der Waals surface area contributed by atoms with Crippen molar-refractivity contribution in [2.45, 2.75) is 52.2 Å². The molecule has 6 heteroatoms. The zero-order chi connectivity index (χ0) is 19.8. The van der Waals surface area contributed by atoms with Gasteiger partial charge in [0.05, 0.1) is 17.9 Å². The molecule has 1 heterocycles. The predicted molar refractivity (Wildman–Crippen MR) is 103 cm³/mol. The molecule has 150 valence electrons. The zero-order valence-corrected chi connectivity index (χ0v) is 16.5. The van der Waals surface area contributed by atoms with Crippen molar-refractivity contribution in [2.75, 3.05) is 6.54 Å². The van der Waals surface area contributed by atoms with Crippen LogP contribution in [-0.4, -0.2) is 35.3 Å². The summed E-state index contributed by atoms with van der Waals surface area (Å²) in [5.41, 5.74) is 0.950. The Balaban J connectivity index is 1.27. The normalized spacial score (nSPS) is 28.2. The van der Waals surface area contributed by atoms with E-state index in [4.69, 9.17) is 4.74 Å². The minimum absolute atomic E-state index is 0.0477. The summed E-state index contributed by atoms with van der Waals surface area (Å²) in [5, 5.41) is 2.87. The molecule has 0 spiro atoms. The first kappa shape index (κ1) is 19.0. The molecule has 0 unspecified atom stereocenters. The summed E-state index contributed by atoms with van der Waals surface area (Å²) >= 11 is 0. The third kappa shape index (κ3) is 3.52. The number of ether oxygens (including phenoxy) is 1. The van der Waals surface area contributed by atoms with Gasteiger partial charge in [0.2, 0.25) is 17.7 Å². The summed E-state index contributed by atoms with van der Waals surface area (Å²) in [4.78, 5) is 38.9. The van der Waals surface area contributed by atoms with Gasteiger partial charge in [-0.1, -0.05) is 12.1 Å². The lowest BCUT2D eigenvalue weighted by molar-refractivity contribution is -0.141. The standard InChI is InChI=1S/C22H28N2O4/c1-13(2)28-17-5-3-4-14(10-17)12-23-18(25)8-9-24-21(26)19-15-6-7-16(11-15)20(19)22(24)27/h3-5,10,13,15-16,19-20H,6-9,11-12H2,1-2H3,(H,23,25)/t15-,16-,19+,20+/m0/s1. The fraction of sp³-hybridized carbons (Fsp3) is 0.591. The van der Waals surface area contributed by atoms with Gasteiger partial charge in [-0.3, -0.25) is 19.3 Å². The van der Waals surface area contributed by atoms with Gasteiger partial charge in [0.25, 0.3) is 0 Å². The van der Waals surface area contributed by atoms with Crippen LogP contribution in [0.25, 0.3) is 0 Å². The molecule has 1 saturated heterocycles. The Morgan fingerprint density at radius 2 is 1.86 bits per heavy atom. The average molecular weight is 384 g/mol. The van der Waals surface area contributed by atoms with E-state index in [1.165, 1.54) is 4.90 Å². The first-order valence-electron chi connectivity index (χ1n) is 10.3. The largest absolute Gasteiger partial charge is 0.491 e. The number of imide groups is 1. The fourth-order valence-electron chi connectivity index (χ4n) is 5.19. The predicted octanol–water partition coefficient (Wildman–Crippen LogP) is 2.51. The lowest BCUT2D eigenvalue weighted by atomic mass is 9.81. The highest BCUT2D eigenvalue weighted by Gasteiger charge is 2.60. The smallest absolute Gasteiger partial charge is 0.233 e. The second-order valence-corrected chi connectivity index (χ2v) is 8.55. The van der Waals surface area contributed by atoms with Crippen LogP contribution in [0.15, 0.2) is 24.3 Å². The molecule has 4 rings (SSSR count). The maximum atomic E-state index is 12.7. The third-order valence-electron chi connectivity index (χ3n) is 6.34. The lowest BCUT2D eigenvalue weighted by Crippen LogP contribution is -2.36. The maximum Gasteiger partial charge on any atom is 0.233 e. The highest BCUT2D eigenvalue weighted by atomic mass is 16.5. The van der Waals surface area contributed by atoms with E-state index in [1.54, 1.807) is 0 Å². The quantitative estimate of drug-likeness (QED) is 0.733. The number of hydrogen-bond donors (Lipinski definition) is 1. The monoisotopic (exact) mass is 384 g/mol. The van der Waals surface area contributed by atoms with Gasteiger partial charge in [0.15, 0.2) is 0 Å². The highest BCUT2D eigenvalue weighted by Crippen LogP contribution is 2.56. The molecular weight excluding hydrogens is 356 g/mol. The van der Waals surface area contributed by atoms with Crippen LogP contribution in [-0.2, 0) is 20.9 Å². The van der Waals surface area contributed by atoms with Crippen LogP contribution in [0.4, 0.5) is 0 Å². The number of amides is 3. The van der Waals surface area contributed by atoms with E-state index in [9.17, 15) is 14.4 Å². The van der Waals surface area contributed by atoms with E-state index in [1.807, 2.05) is 38.1 Å². The lowest BCUT2D eigenvalue weighted by Gasteiger charge is -2.19. The second kappa shape index (κ2) is 7.57. The molecule has 1 aliphatic heterocycles. The first-order chi connectivity index (χ1) is 13.4. The Morgan fingerprint density at radius 3 is 2.50 bits per heavy atom. The molecule has 6 nitrogen and oxygen atoms in total. The van der Waals surface area contributed by atoms with Crippen LogP contribution in [0.2, 0.25) is 0 Å². The van der Waals surface area contributed by atoms with E-state index >= 15 is 0 Å². The molecule has 0 radical (unpaired) electrons. The van der Waals surface area contributed by atoms with Crippen LogP contribution < -0.4 is 10.1 Å². The fourth-order valence-corrected chi connectivity index (χ4v) is 5.19. The van der Waals surface area contributed by atoms with Crippen molar-refractivity contribution >= 4 is 17.7 Å². The molecular formula is C22H28N2O4. The molecule has 3 aliphatic rings. The molecule has 28 heavy (non-hydrogen) atoms. The van der Waals surface area contributed by atoms with E-state index in [0.29, 0.717) is 18.4 Å². The Hall–Kier alpha value is -2.37. The van der Waals surface area contributed by atoms with Crippen molar-refractivity contribution in [1.82, 2.24) is 10.2 Å². The van der Waals surface area contributed by atoms with Gasteiger partial charge in [-0.2, -0.15) is 0 Å². The number of carbonyl (C=O) groups excluding carboxylic acids is 3. The number of likely N-dealkylation sites (tertiary alicyclic amines) is 1. The van der Waals surface area contributed by atoms with Crippen LogP contribution in [0, 0.1) is 23.7 Å². The van der Waals surface area contributed by atoms with Gasteiger partial charge in [-0.05, 0) is 62.6 Å². The van der Waals surface area contributed by atoms with E-state index in [2.05, 4.69) is 5.32 Å². The Bertz CT molecular complexity index is 762. The van der Waals surface area contributed by atoms with Gasteiger partial charge in [-0.25, -0.2) is 0 Å². The minimum atomic E-state index is -0.157. The summed E-state index contributed by atoms with van der Waals surface area (Å²) in [6.45, 7) is 4.52. The Kier molecular flexibility index (Phi) is 5.13. The number of fused-ring (bicyclic) bond motifs is 5. The first-order valence-corrected chi connectivity index (χ1v) is 10.3. The van der Waals surface area contributed by atoms with Gasteiger partial charge < -0.3 is 10.1 Å². The number of nitrogens with one attached hydrogen (secondary N) is 1. The van der Waals surface area contributed by atoms with E-state index < -0.39 is 0 Å². The minimum Gasteiger partial charge on any atom is -0.491 e. The topological polar surface area (TPSA) is 75.7 Å². The van der Waals surface area contributed by atoms with Crippen molar-refractivity contribution in [3.8, 4) is 5.75 Å². The van der Waals surface area contributed by atoms with Crippen molar-refractivity contribution < 1.29 is 19.1 Å². The van der Waals surface area contributed by atoms with Gasteiger partial charge in [0, 0.05) is 19.5 Å². The van der Waals surface area contributed by atoms with E-state index in [0.717, 1.165) is 30.6 Å². The average Bonchev–Trinajstić information content (AvgIpc) is 3.33. The molecule has 1 N–H and O–H groups in total. The Morgan fingerprint density at radius 1 is 1.18 bits per heavy atom. The molecule has 1 aromatic rings. The van der Waals surface area contributed by atoms with Gasteiger partial charge in [0.1, 0.15) is 5.75 Å². The van der Waals surface area contributed by atoms with E-state index in [-0.39, 0.29) is 48.6 Å². The molecule has 0 aromatic heterocycles. The molecule has 3 fully saturated rings. The summed E-state index contributed by atoms with van der Waals surface area (Å²) in [6.07, 6.45) is 3.40. The second-order valence-electron chi connectivity index (χ2n) is 8.55. The van der Waals surface area contributed by atoms with Crippen LogP contribution >= 0.6 is 0 Å². The number of hydrogen-bond acceptors (Lipinski definition) is 4.